The van der Waals surface area contributed by atoms with Crippen molar-refractivity contribution in [1.82, 2.24) is 48.9 Å². The van der Waals surface area contributed by atoms with E-state index in [0.29, 0.717) is 60.8 Å². The molecule has 0 aromatic carbocycles. The van der Waals surface area contributed by atoms with Gasteiger partial charge in [0, 0.05) is 57.6 Å². The molecule has 21 nitrogen and oxygen atoms in total. The molecule has 7 rings (SSSR count). The summed E-state index contributed by atoms with van der Waals surface area (Å²) < 4.78 is 69.1. The summed E-state index contributed by atoms with van der Waals surface area (Å²) in [6.45, 7) is 18.2. The highest BCUT2D eigenvalue weighted by atomic mass is 35.5. The van der Waals surface area contributed by atoms with Gasteiger partial charge in [-0.2, -0.15) is 0 Å². The van der Waals surface area contributed by atoms with E-state index in [1.165, 1.54) is 53.5 Å². The van der Waals surface area contributed by atoms with Crippen LogP contribution in [0.15, 0.2) is 95.2 Å². The summed E-state index contributed by atoms with van der Waals surface area (Å²) in [6.07, 6.45) is 6.96. The Morgan fingerprint density at radius 1 is 0.809 bits per heavy atom. The minimum Gasteiger partial charge on any atom is -0.476 e. The van der Waals surface area contributed by atoms with Crippen LogP contribution in [0.4, 0.5) is 17.5 Å². The van der Waals surface area contributed by atoms with Crippen molar-refractivity contribution in [2.75, 3.05) is 36.1 Å². The third-order valence-electron chi connectivity index (χ3n) is 9.96. The Kier molecular flexibility index (Phi) is 15.0. The molecule has 0 radical (unpaired) electrons. The van der Waals surface area contributed by atoms with Crippen LogP contribution in [-0.2, 0) is 20.0 Å². The monoisotopic (exact) mass is 1000 g/mol. The first-order valence-electron chi connectivity index (χ1n) is 21.2. The minimum absolute atomic E-state index is 0. The smallest absolute Gasteiger partial charge is 0.268 e. The van der Waals surface area contributed by atoms with Crippen molar-refractivity contribution < 1.29 is 44.5 Å². The molecule has 0 bridgehead atoms. The SMILES string of the molecule is CC(C)COc1ccn(-c2ccc(C(=O)NS(=O)(=O)c3cccnc3N)c(Cl)n2)n1.C[C@@H]1CN(c2nc(-n3ccc(OCC(C)(C)C)n3)ccc2C(=O)NS(=O)(=O)c2cccnc2N)C(C)(C)C1.[HH].[HH].[HH].[HH].[HH].[HH]. The lowest BCUT2D eigenvalue weighted by atomic mass is 9.97. The zero-order valence-electron chi connectivity index (χ0n) is 38.7. The van der Waals surface area contributed by atoms with Crippen molar-refractivity contribution in [2.24, 2.45) is 17.3 Å². The molecule has 1 atom stereocenters. The van der Waals surface area contributed by atoms with Gasteiger partial charge < -0.3 is 25.8 Å². The van der Waals surface area contributed by atoms with E-state index < -0.39 is 31.9 Å². The van der Waals surface area contributed by atoms with Gasteiger partial charge in [0.05, 0.1) is 24.3 Å². The standard InChI is InChI=1S/C26H35N7O4S.C18H19ClN6O4S.6H2/c1-17-14-26(5,6)32(15-17)23-18(24(34)31-38(35,36)19-8-7-12-28-22(19)27)9-10-20(29-23)33-13-11-21(30-33)37-16-25(2,3)4;1-11(2)10-29-15-7-9-25(23-15)14-6-5-12(16(19)22-14)18(26)24-30(27,28)13-4-3-8-21-17(13)20;;;;;;/h7-13,17H,14-16H2,1-6H3,(H2,27,28)(H,31,34);3-9,11H,10H2,1-2H3,(H2,20,21)(H,24,26);6*1H/t17-;;;;;;;/m0......./s1. The largest absolute Gasteiger partial charge is 0.476 e. The molecule has 1 fully saturated rings. The van der Waals surface area contributed by atoms with Crippen molar-refractivity contribution in [2.45, 2.75) is 77.1 Å². The highest BCUT2D eigenvalue weighted by Crippen LogP contribution is 2.38. The summed E-state index contributed by atoms with van der Waals surface area (Å²) in [6, 6.07) is 14.8. The number of ether oxygens (including phenoxy) is 2. The molecule has 68 heavy (non-hydrogen) atoms. The molecule has 0 spiro atoms. The van der Waals surface area contributed by atoms with Crippen molar-refractivity contribution >= 4 is 60.9 Å². The summed E-state index contributed by atoms with van der Waals surface area (Å²) in [5, 5.41) is 8.52. The molecular formula is C44H66ClN13O8S2. The van der Waals surface area contributed by atoms with E-state index in [2.05, 4.69) is 71.4 Å². The predicted molar refractivity (Wildman–Crippen MR) is 268 cm³/mol. The third kappa shape index (κ3) is 12.4. The zero-order chi connectivity index (χ0) is 49.8. The quantitative estimate of drug-likeness (QED) is 0.0804. The molecule has 2 amide bonds. The van der Waals surface area contributed by atoms with Crippen LogP contribution in [0.2, 0.25) is 5.15 Å². The van der Waals surface area contributed by atoms with Crippen molar-refractivity contribution in [3.05, 3.63) is 102 Å². The molecule has 1 aliphatic rings. The maximum atomic E-state index is 13.4. The average Bonchev–Trinajstić information content (AvgIpc) is 4.00. The van der Waals surface area contributed by atoms with Gasteiger partial charge >= 0.3 is 0 Å². The van der Waals surface area contributed by atoms with E-state index in [0.717, 1.165) is 6.42 Å². The van der Waals surface area contributed by atoms with E-state index in [9.17, 15) is 26.4 Å². The molecule has 6 aromatic heterocycles. The number of halogens is 1. The Labute approximate surface area is 408 Å². The fourth-order valence-electron chi connectivity index (χ4n) is 6.92. The van der Waals surface area contributed by atoms with Crippen LogP contribution in [0.5, 0.6) is 11.8 Å². The van der Waals surface area contributed by atoms with Gasteiger partial charge in [0.2, 0.25) is 11.8 Å². The molecule has 374 valence electrons. The Bertz CT molecular complexity index is 3060. The molecule has 24 heteroatoms. The van der Waals surface area contributed by atoms with E-state index in [1.54, 1.807) is 41.3 Å². The van der Waals surface area contributed by atoms with Gasteiger partial charge in [-0.3, -0.25) is 9.59 Å². The maximum absolute atomic E-state index is 13.4. The Morgan fingerprint density at radius 3 is 1.78 bits per heavy atom. The Hall–Kier alpha value is -6.85. The Balaban J connectivity index is 0.00000136. The molecule has 1 saturated heterocycles. The second-order valence-electron chi connectivity index (χ2n) is 18.2. The zero-order valence-corrected chi connectivity index (χ0v) is 41.1. The number of nitrogen functional groups attached to an aromatic ring is 2. The van der Waals surface area contributed by atoms with E-state index in [-0.39, 0.29) is 57.2 Å². The van der Waals surface area contributed by atoms with Gasteiger partial charge in [0.1, 0.15) is 32.4 Å². The number of carbonyl (C=O) groups is 2. The molecule has 6 N–H and O–H groups in total. The number of hydrogen-bond acceptors (Lipinski definition) is 17. The van der Waals surface area contributed by atoms with Gasteiger partial charge in [0.15, 0.2) is 11.6 Å². The van der Waals surface area contributed by atoms with E-state index in [4.69, 9.17) is 37.5 Å². The Morgan fingerprint density at radius 2 is 1.31 bits per heavy atom. The van der Waals surface area contributed by atoms with E-state index >= 15 is 0 Å². The van der Waals surface area contributed by atoms with Crippen LogP contribution in [0.3, 0.4) is 0 Å². The van der Waals surface area contributed by atoms with Crippen molar-refractivity contribution in [3.8, 4) is 23.4 Å². The lowest BCUT2D eigenvalue weighted by Gasteiger charge is -2.34. The number of hydrogen-bond donors (Lipinski definition) is 4. The van der Waals surface area contributed by atoms with Crippen LogP contribution < -0.4 is 35.3 Å². The fraction of sp³-hybridized carbons (Fsp3) is 0.364. The molecule has 1 aliphatic heterocycles. The van der Waals surface area contributed by atoms with Crippen LogP contribution in [0.25, 0.3) is 11.6 Å². The summed E-state index contributed by atoms with van der Waals surface area (Å²) in [7, 11) is -8.50. The fourth-order valence-corrected chi connectivity index (χ4v) is 9.26. The van der Waals surface area contributed by atoms with Crippen molar-refractivity contribution in [3.63, 3.8) is 0 Å². The summed E-state index contributed by atoms with van der Waals surface area (Å²) >= 11 is 6.11. The average molecular weight is 1000 g/mol. The topological polar surface area (TPSA) is 287 Å². The second-order valence-corrected chi connectivity index (χ2v) is 21.8. The number of nitrogens with zero attached hydrogens (tertiary/aromatic N) is 9. The third-order valence-corrected chi connectivity index (χ3v) is 13.0. The number of sulfonamides is 2. The number of anilines is 3. The number of rotatable bonds is 14. The molecule has 0 aliphatic carbocycles. The number of carbonyl (C=O) groups excluding carboxylic acids is 2. The van der Waals surface area contributed by atoms with Crippen molar-refractivity contribution in [1.29, 1.82) is 0 Å². The lowest BCUT2D eigenvalue weighted by Crippen LogP contribution is -2.41. The second kappa shape index (κ2) is 20.2. The highest BCUT2D eigenvalue weighted by Gasteiger charge is 2.39. The normalized spacial score (nSPS) is 14.8. The molecule has 6 aromatic rings. The molecular weight excluding hydrogens is 938 g/mol. The number of amides is 2. The number of nitrogens with one attached hydrogen (secondary N) is 2. The maximum Gasteiger partial charge on any atom is 0.268 e. The first-order chi connectivity index (χ1) is 31.8. The van der Waals surface area contributed by atoms with Gasteiger partial charge in [-0.1, -0.05) is 53.1 Å². The highest BCUT2D eigenvalue weighted by molar-refractivity contribution is 7.90. The van der Waals surface area contributed by atoms with Gasteiger partial charge in [-0.25, -0.2) is 55.6 Å². The van der Waals surface area contributed by atoms with Crippen LogP contribution >= 0.6 is 11.6 Å². The first kappa shape index (κ1) is 50.6. The van der Waals surface area contributed by atoms with Crippen LogP contribution in [0.1, 0.15) is 91.1 Å². The molecule has 7 heterocycles. The minimum atomic E-state index is -4.26. The summed E-state index contributed by atoms with van der Waals surface area (Å²) in [5.41, 5.74) is 11.0. The molecule has 0 saturated carbocycles. The summed E-state index contributed by atoms with van der Waals surface area (Å²) in [5.74, 6) is 0.556. The van der Waals surface area contributed by atoms with Gasteiger partial charge in [-0.05, 0) is 86.1 Å². The van der Waals surface area contributed by atoms with Crippen LogP contribution in [0, 0.1) is 17.3 Å². The van der Waals surface area contributed by atoms with Gasteiger partial charge in [-0.15, -0.1) is 10.2 Å². The predicted octanol–water partition coefficient (Wildman–Crippen LogP) is 6.94. The number of aromatic nitrogens is 8. The number of pyridine rings is 4. The summed E-state index contributed by atoms with van der Waals surface area (Å²) in [4.78, 5) is 43.7. The molecule has 0 unspecified atom stereocenters. The van der Waals surface area contributed by atoms with E-state index in [1.807, 2.05) is 23.5 Å². The van der Waals surface area contributed by atoms with Gasteiger partial charge in [0.25, 0.3) is 31.9 Å². The van der Waals surface area contributed by atoms with Crippen LogP contribution in [-0.4, -0.2) is 93.4 Å². The lowest BCUT2D eigenvalue weighted by molar-refractivity contribution is 0.0972. The first-order valence-corrected chi connectivity index (χ1v) is 24.6. The number of nitrogens with two attached hydrogens (primary N) is 2.